The number of nitrogens with one attached hydrogen (secondary N) is 2. The zero-order valence-corrected chi connectivity index (χ0v) is 16.5. The summed E-state index contributed by atoms with van der Waals surface area (Å²) >= 11 is 3.56. The van der Waals surface area contributed by atoms with Gasteiger partial charge in [-0.15, -0.1) is 0 Å². The van der Waals surface area contributed by atoms with Crippen LogP contribution in [0.4, 0.5) is 0 Å². The molecule has 0 fully saturated rings. The largest absolute Gasteiger partial charge is 0.493 e. The maximum atomic E-state index is 5.35. The molecule has 24 heavy (non-hydrogen) atoms. The third-order valence-corrected chi connectivity index (χ3v) is 4.17. The second-order valence-corrected chi connectivity index (χ2v) is 5.91. The van der Waals surface area contributed by atoms with E-state index in [1.165, 1.54) is 0 Å². The minimum absolute atomic E-state index is 0.625. The van der Waals surface area contributed by atoms with Crippen LogP contribution in [0.15, 0.2) is 21.6 Å². The van der Waals surface area contributed by atoms with Crippen molar-refractivity contribution in [3.8, 4) is 11.5 Å². The van der Waals surface area contributed by atoms with Crippen molar-refractivity contribution in [1.29, 1.82) is 0 Å². The number of halogens is 1. The molecule has 136 valence electrons. The fourth-order valence-electron chi connectivity index (χ4n) is 2.11. The van der Waals surface area contributed by atoms with E-state index in [0.29, 0.717) is 18.0 Å². The van der Waals surface area contributed by atoms with E-state index in [1.807, 2.05) is 19.1 Å². The van der Waals surface area contributed by atoms with E-state index in [4.69, 9.17) is 14.2 Å². The van der Waals surface area contributed by atoms with E-state index in [1.54, 1.807) is 21.3 Å². The van der Waals surface area contributed by atoms with Crippen molar-refractivity contribution in [3.05, 3.63) is 22.2 Å². The summed E-state index contributed by atoms with van der Waals surface area (Å²) in [6, 6.07) is 3.85. The smallest absolute Gasteiger partial charge is 0.191 e. The summed E-state index contributed by atoms with van der Waals surface area (Å²) in [5.74, 6) is 2.18. The lowest BCUT2D eigenvalue weighted by Crippen LogP contribution is -2.37. The minimum Gasteiger partial charge on any atom is -0.493 e. The summed E-state index contributed by atoms with van der Waals surface area (Å²) in [7, 11) is 5.02. The lowest BCUT2D eigenvalue weighted by Gasteiger charge is -2.15. The normalized spacial score (nSPS) is 11.3. The molecule has 2 N–H and O–H groups in total. The van der Waals surface area contributed by atoms with Crippen LogP contribution in [0, 0.1) is 0 Å². The second kappa shape index (κ2) is 12.0. The first-order valence-corrected chi connectivity index (χ1v) is 8.88. The summed E-state index contributed by atoms with van der Waals surface area (Å²) < 4.78 is 16.9. The van der Waals surface area contributed by atoms with Gasteiger partial charge in [0.2, 0.25) is 0 Å². The van der Waals surface area contributed by atoms with E-state index in [0.717, 1.165) is 48.6 Å². The average molecular weight is 402 g/mol. The highest BCUT2D eigenvalue weighted by molar-refractivity contribution is 9.10. The Balaban J connectivity index is 2.48. The van der Waals surface area contributed by atoms with Gasteiger partial charge in [0.15, 0.2) is 17.5 Å². The lowest BCUT2D eigenvalue weighted by molar-refractivity contribution is 0.143. The first-order valence-electron chi connectivity index (χ1n) is 8.08. The average Bonchev–Trinajstić information content (AvgIpc) is 2.61. The third-order valence-electron chi connectivity index (χ3n) is 3.43. The van der Waals surface area contributed by atoms with E-state index in [9.17, 15) is 0 Å². The third kappa shape index (κ3) is 6.97. The molecule has 0 aliphatic rings. The molecule has 0 heterocycles. The number of hydrogen-bond acceptors (Lipinski definition) is 4. The molecule has 0 aromatic heterocycles. The first kappa shape index (κ1) is 20.6. The number of benzene rings is 1. The van der Waals surface area contributed by atoms with Crippen molar-refractivity contribution < 1.29 is 14.2 Å². The SMILES string of the molecule is CCOCCCCNC(=NC)NCc1cc(OC)c(OC)cc1Br. The van der Waals surface area contributed by atoms with Gasteiger partial charge in [-0.1, -0.05) is 15.9 Å². The van der Waals surface area contributed by atoms with Gasteiger partial charge in [-0.2, -0.15) is 0 Å². The van der Waals surface area contributed by atoms with Crippen molar-refractivity contribution in [1.82, 2.24) is 10.6 Å². The summed E-state index contributed by atoms with van der Waals surface area (Å²) in [6.45, 7) is 5.08. The Morgan fingerprint density at radius 3 is 2.46 bits per heavy atom. The van der Waals surface area contributed by atoms with Crippen molar-refractivity contribution in [2.75, 3.05) is 41.0 Å². The van der Waals surface area contributed by atoms with Gasteiger partial charge in [0.05, 0.1) is 14.2 Å². The number of aliphatic imine (C=N–C) groups is 1. The molecule has 1 aromatic carbocycles. The Morgan fingerprint density at radius 2 is 1.83 bits per heavy atom. The first-order chi connectivity index (χ1) is 11.7. The van der Waals surface area contributed by atoms with Crippen LogP contribution < -0.4 is 20.1 Å². The summed E-state index contributed by atoms with van der Waals surface area (Å²) in [5, 5.41) is 6.60. The maximum Gasteiger partial charge on any atom is 0.191 e. The van der Waals surface area contributed by atoms with Crippen molar-refractivity contribution in [2.45, 2.75) is 26.3 Å². The van der Waals surface area contributed by atoms with Crippen LogP contribution in [0.5, 0.6) is 11.5 Å². The molecule has 0 saturated carbocycles. The van der Waals surface area contributed by atoms with Crippen LogP contribution in [0.1, 0.15) is 25.3 Å². The van der Waals surface area contributed by atoms with Gasteiger partial charge in [-0.05, 0) is 37.5 Å². The van der Waals surface area contributed by atoms with Crippen LogP contribution in [0.2, 0.25) is 0 Å². The van der Waals surface area contributed by atoms with Gasteiger partial charge in [0.1, 0.15) is 0 Å². The topological polar surface area (TPSA) is 64.1 Å². The summed E-state index contributed by atoms with van der Waals surface area (Å²) in [6.07, 6.45) is 2.08. The minimum atomic E-state index is 0.625. The Morgan fingerprint density at radius 1 is 1.12 bits per heavy atom. The zero-order chi connectivity index (χ0) is 17.8. The van der Waals surface area contributed by atoms with E-state index < -0.39 is 0 Å². The molecule has 1 aromatic rings. The summed E-state index contributed by atoms with van der Waals surface area (Å²) in [4.78, 5) is 4.23. The Hall–Kier alpha value is -1.47. The molecule has 0 aliphatic carbocycles. The summed E-state index contributed by atoms with van der Waals surface area (Å²) in [5.41, 5.74) is 1.06. The van der Waals surface area contributed by atoms with Crippen molar-refractivity contribution >= 4 is 21.9 Å². The number of methoxy groups -OCH3 is 2. The van der Waals surface area contributed by atoms with E-state index in [2.05, 4.69) is 31.6 Å². The van der Waals surface area contributed by atoms with Gasteiger partial charge in [0, 0.05) is 37.8 Å². The van der Waals surface area contributed by atoms with Crippen LogP contribution in [-0.4, -0.2) is 47.0 Å². The fourth-order valence-corrected chi connectivity index (χ4v) is 2.57. The highest BCUT2D eigenvalue weighted by atomic mass is 79.9. The molecular weight excluding hydrogens is 374 g/mol. The molecule has 0 saturated heterocycles. The molecule has 0 bridgehead atoms. The van der Waals surface area contributed by atoms with Gasteiger partial charge in [0.25, 0.3) is 0 Å². The predicted octanol–water partition coefficient (Wildman–Crippen LogP) is 2.95. The Bertz CT molecular complexity index is 524. The zero-order valence-electron chi connectivity index (χ0n) is 14.9. The van der Waals surface area contributed by atoms with Gasteiger partial charge in [-0.25, -0.2) is 0 Å². The van der Waals surface area contributed by atoms with Gasteiger partial charge >= 0.3 is 0 Å². The maximum absolute atomic E-state index is 5.35. The lowest BCUT2D eigenvalue weighted by atomic mass is 10.2. The molecule has 6 nitrogen and oxygen atoms in total. The van der Waals surface area contributed by atoms with Crippen LogP contribution in [-0.2, 0) is 11.3 Å². The molecule has 0 unspecified atom stereocenters. The number of nitrogens with zero attached hydrogens (tertiary/aromatic N) is 1. The molecule has 0 amide bonds. The Labute approximate surface area is 153 Å². The monoisotopic (exact) mass is 401 g/mol. The molecule has 0 aliphatic heterocycles. The number of hydrogen-bond donors (Lipinski definition) is 2. The number of guanidine groups is 1. The molecule has 0 spiro atoms. The molecule has 0 radical (unpaired) electrons. The van der Waals surface area contributed by atoms with Crippen LogP contribution >= 0.6 is 15.9 Å². The fraction of sp³-hybridized carbons (Fsp3) is 0.588. The molecular formula is C17H28BrN3O3. The Kier molecular flexibility index (Phi) is 10.3. The molecule has 0 atom stereocenters. The quantitative estimate of drug-likeness (QED) is 0.358. The van der Waals surface area contributed by atoms with Crippen LogP contribution in [0.25, 0.3) is 0 Å². The van der Waals surface area contributed by atoms with Crippen molar-refractivity contribution in [2.24, 2.45) is 4.99 Å². The number of rotatable bonds is 10. The molecule has 7 heteroatoms. The van der Waals surface area contributed by atoms with Crippen LogP contribution in [0.3, 0.4) is 0 Å². The van der Waals surface area contributed by atoms with E-state index in [-0.39, 0.29) is 0 Å². The highest BCUT2D eigenvalue weighted by Gasteiger charge is 2.10. The van der Waals surface area contributed by atoms with Crippen molar-refractivity contribution in [3.63, 3.8) is 0 Å². The second-order valence-electron chi connectivity index (χ2n) is 5.06. The predicted molar refractivity (Wildman–Crippen MR) is 101 cm³/mol. The van der Waals surface area contributed by atoms with E-state index >= 15 is 0 Å². The van der Waals surface area contributed by atoms with Gasteiger partial charge < -0.3 is 24.8 Å². The standard InChI is InChI=1S/C17H28BrN3O3/c1-5-24-9-7-6-8-20-17(19-2)21-12-13-10-15(22-3)16(23-4)11-14(13)18/h10-11H,5-9,12H2,1-4H3,(H2,19,20,21). The number of ether oxygens (including phenoxy) is 3. The molecule has 1 rings (SSSR count). The number of unbranched alkanes of at least 4 members (excludes halogenated alkanes) is 1. The highest BCUT2D eigenvalue weighted by Crippen LogP contribution is 2.33. The van der Waals surface area contributed by atoms with Gasteiger partial charge in [-0.3, -0.25) is 4.99 Å².